The monoisotopic (exact) mass is 530 g/mol. The Kier molecular flexibility index (Phi) is 7.89. The lowest BCUT2D eigenvalue weighted by molar-refractivity contribution is -0.117. The van der Waals surface area contributed by atoms with E-state index in [9.17, 15) is 9.59 Å². The Morgan fingerprint density at radius 1 is 1.03 bits per heavy atom. The summed E-state index contributed by atoms with van der Waals surface area (Å²) >= 11 is 0. The third kappa shape index (κ3) is 6.82. The van der Waals surface area contributed by atoms with Gasteiger partial charge >= 0.3 is 5.97 Å². The smallest absolute Gasteiger partial charge is 0.338 e. The number of nitrogens with zero attached hydrogens (tertiary/aromatic N) is 1. The van der Waals surface area contributed by atoms with Crippen molar-refractivity contribution < 1.29 is 21.2 Å². The van der Waals surface area contributed by atoms with Crippen LogP contribution < -0.4 is 11.1 Å². The van der Waals surface area contributed by atoms with Crippen LogP contribution in [0.25, 0.3) is 10.8 Å². The number of nitrogens with one attached hydrogen (secondary N) is 1. The first-order valence-electron chi connectivity index (χ1n) is 13.1. The fraction of sp³-hybridized carbons (Fsp3) is 0.179. The van der Waals surface area contributed by atoms with Gasteiger partial charge in [0.25, 0.3) is 0 Å². The molecule has 0 bridgehead atoms. The molecule has 0 radical (unpaired) electrons. The van der Waals surface area contributed by atoms with Gasteiger partial charge in [-0.05, 0) is 60.2 Å². The average Bonchev–Trinajstić information content (AvgIpc) is 2.87. The SMILES string of the molecule is Cl.Cl.[2H]C([2H])(OC(=O)c1ccc(C)cc1C)c1ccc(C([2H])(C(=O)Nc2ccc3cnccc3c2)C([2H])([2H])N)cc1. The van der Waals surface area contributed by atoms with E-state index in [0.29, 0.717) is 11.3 Å². The van der Waals surface area contributed by atoms with E-state index in [4.69, 9.17) is 17.3 Å². The van der Waals surface area contributed by atoms with Gasteiger partial charge in [-0.2, -0.15) is 0 Å². The van der Waals surface area contributed by atoms with Crippen molar-refractivity contribution in [2.45, 2.75) is 26.3 Å². The van der Waals surface area contributed by atoms with Gasteiger partial charge in [-0.25, -0.2) is 4.79 Å². The van der Waals surface area contributed by atoms with Crippen LogP contribution in [0.15, 0.2) is 79.1 Å². The van der Waals surface area contributed by atoms with Crippen LogP contribution >= 0.6 is 24.8 Å². The Morgan fingerprint density at radius 2 is 1.78 bits per heavy atom. The molecule has 1 amide bonds. The van der Waals surface area contributed by atoms with Gasteiger partial charge in [0.2, 0.25) is 5.91 Å². The molecule has 6 nitrogen and oxygen atoms in total. The first-order valence-corrected chi connectivity index (χ1v) is 10.6. The lowest BCUT2D eigenvalue weighted by Crippen LogP contribution is -2.27. The number of amides is 1. The fourth-order valence-electron chi connectivity index (χ4n) is 3.54. The highest BCUT2D eigenvalue weighted by Crippen LogP contribution is 2.22. The second-order valence-electron chi connectivity index (χ2n) is 7.80. The molecule has 0 aliphatic rings. The minimum absolute atomic E-state index is 0. The van der Waals surface area contributed by atoms with Gasteiger partial charge in [0.15, 0.2) is 0 Å². The number of esters is 1. The van der Waals surface area contributed by atoms with E-state index in [-0.39, 0.29) is 41.5 Å². The van der Waals surface area contributed by atoms with Crippen LogP contribution in [0.5, 0.6) is 0 Å². The molecule has 3 aromatic carbocycles. The zero-order valence-electron chi connectivity index (χ0n) is 24.6. The fourth-order valence-corrected chi connectivity index (χ4v) is 3.54. The van der Waals surface area contributed by atoms with Crippen LogP contribution in [0.3, 0.4) is 0 Å². The number of hydrogen-bond donors (Lipinski definition) is 2. The van der Waals surface area contributed by atoms with Crippen LogP contribution in [0.2, 0.25) is 0 Å². The summed E-state index contributed by atoms with van der Waals surface area (Å²) in [6, 6.07) is 16.7. The van der Waals surface area contributed by atoms with E-state index in [1.807, 2.05) is 6.92 Å². The number of anilines is 1. The molecule has 36 heavy (non-hydrogen) atoms. The number of hydrogen-bond acceptors (Lipinski definition) is 5. The number of aryl methyl sites for hydroxylation is 2. The molecule has 1 atom stereocenters. The van der Waals surface area contributed by atoms with Crippen molar-refractivity contribution in [1.82, 2.24) is 4.98 Å². The molecule has 1 heterocycles. The highest BCUT2D eigenvalue weighted by Gasteiger charge is 2.19. The van der Waals surface area contributed by atoms with Crippen molar-refractivity contribution in [3.8, 4) is 0 Å². The summed E-state index contributed by atoms with van der Waals surface area (Å²) in [4.78, 5) is 30.0. The summed E-state index contributed by atoms with van der Waals surface area (Å²) in [5.74, 6) is -4.46. The summed E-state index contributed by atoms with van der Waals surface area (Å²) < 4.78 is 46.8. The molecule has 0 aliphatic heterocycles. The molecule has 188 valence electrons. The summed E-state index contributed by atoms with van der Waals surface area (Å²) in [5, 5.41) is 4.19. The van der Waals surface area contributed by atoms with E-state index >= 15 is 0 Å². The van der Waals surface area contributed by atoms with Crippen LogP contribution in [-0.4, -0.2) is 23.4 Å². The molecular formula is C28H29Cl2N3O3. The summed E-state index contributed by atoms with van der Waals surface area (Å²) in [7, 11) is 0. The van der Waals surface area contributed by atoms with Crippen molar-refractivity contribution in [2.75, 3.05) is 11.8 Å². The predicted octanol–water partition coefficient (Wildman–Crippen LogP) is 5.73. The van der Waals surface area contributed by atoms with Gasteiger partial charge in [0.1, 0.15) is 6.56 Å². The minimum Gasteiger partial charge on any atom is -0.457 e. The first kappa shape index (κ1) is 21.8. The number of rotatable bonds is 7. The Balaban J connectivity index is 0.00000294. The molecule has 1 aromatic heterocycles. The van der Waals surface area contributed by atoms with Crippen LogP contribution in [0, 0.1) is 13.8 Å². The van der Waals surface area contributed by atoms with Crippen LogP contribution in [-0.2, 0) is 16.1 Å². The van der Waals surface area contributed by atoms with E-state index in [0.717, 1.165) is 16.3 Å². The lowest BCUT2D eigenvalue weighted by Gasteiger charge is -2.16. The number of nitrogens with two attached hydrogens (primary N) is 1. The maximum atomic E-state index is 13.3. The number of aromatic nitrogens is 1. The number of pyridine rings is 1. The van der Waals surface area contributed by atoms with Crippen LogP contribution in [0.1, 0.15) is 45.4 Å². The number of fused-ring (bicyclic) bond motifs is 1. The highest BCUT2D eigenvalue weighted by atomic mass is 35.5. The van der Waals surface area contributed by atoms with Crippen molar-refractivity contribution >= 4 is 53.2 Å². The van der Waals surface area contributed by atoms with Crippen molar-refractivity contribution in [1.29, 1.82) is 0 Å². The van der Waals surface area contributed by atoms with Crippen molar-refractivity contribution in [2.24, 2.45) is 5.73 Å². The van der Waals surface area contributed by atoms with Gasteiger partial charge in [-0.15, -0.1) is 24.8 Å². The summed E-state index contributed by atoms with van der Waals surface area (Å²) in [6.07, 6.45) is 3.26. The molecule has 8 heteroatoms. The Hall–Kier alpha value is -3.45. The van der Waals surface area contributed by atoms with Gasteiger partial charge in [0.05, 0.1) is 14.2 Å². The molecule has 0 aliphatic carbocycles. The second kappa shape index (κ2) is 13.0. The highest BCUT2D eigenvalue weighted by molar-refractivity contribution is 5.98. The van der Waals surface area contributed by atoms with E-state index in [1.165, 1.54) is 24.3 Å². The number of benzene rings is 3. The van der Waals surface area contributed by atoms with E-state index in [2.05, 4.69) is 10.3 Å². The Bertz CT molecular complexity index is 1570. The molecule has 4 rings (SSSR count). The second-order valence-corrected chi connectivity index (χ2v) is 7.80. The molecule has 0 spiro atoms. The maximum Gasteiger partial charge on any atom is 0.338 e. The molecule has 0 saturated carbocycles. The predicted molar refractivity (Wildman–Crippen MR) is 148 cm³/mol. The number of halogens is 2. The number of carbonyl (C=O) groups excluding carboxylic acids is 2. The lowest BCUT2D eigenvalue weighted by atomic mass is 9.97. The average molecular weight is 531 g/mol. The summed E-state index contributed by atoms with van der Waals surface area (Å²) in [6.45, 7) is -1.75. The van der Waals surface area contributed by atoms with E-state index < -0.39 is 30.8 Å². The standard InChI is InChI=1S/C28H27N3O3.2ClH/c1-18-3-10-25(19(2)13-18)28(33)34-17-20-4-6-21(7-5-20)26(15-29)27(32)31-24-9-8-23-16-30-12-11-22(23)14-24;;/h3-14,16,26H,15,17,29H2,1-2H3,(H,31,32);2*1H/i15D2,17D2,26D;;. The topological polar surface area (TPSA) is 94.3 Å². The number of ether oxygens (including phenoxy) is 1. The van der Waals surface area contributed by atoms with Gasteiger partial charge in [-0.1, -0.05) is 48.0 Å². The van der Waals surface area contributed by atoms with Gasteiger partial charge in [-0.3, -0.25) is 9.78 Å². The molecule has 1 unspecified atom stereocenters. The Morgan fingerprint density at radius 3 is 2.47 bits per heavy atom. The molecule has 0 saturated heterocycles. The molecule has 3 N–H and O–H groups in total. The third-order valence-corrected chi connectivity index (χ3v) is 5.31. The van der Waals surface area contributed by atoms with Crippen molar-refractivity contribution in [3.63, 3.8) is 0 Å². The zero-order chi connectivity index (χ0) is 28.6. The zero-order valence-corrected chi connectivity index (χ0v) is 21.2. The third-order valence-electron chi connectivity index (χ3n) is 5.31. The minimum atomic E-state index is -2.81. The van der Waals surface area contributed by atoms with E-state index in [1.54, 1.807) is 61.8 Å². The Labute approximate surface area is 230 Å². The molecule has 4 aromatic rings. The van der Waals surface area contributed by atoms with Crippen LogP contribution in [0.4, 0.5) is 5.69 Å². The van der Waals surface area contributed by atoms with Gasteiger partial charge in [0, 0.05) is 34.1 Å². The number of carbonyl (C=O) groups is 2. The maximum absolute atomic E-state index is 13.3. The molecule has 0 fully saturated rings. The summed E-state index contributed by atoms with van der Waals surface area (Å²) in [5.41, 5.74) is 7.68. The van der Waals surface area contributed by atoms with Crippen molar-refractivity contribution in [3.05, 3.63) is 107 Å². The van der Waals surface area contributed by atoms with Gasteiger partial charge < -0.3 is 15.8 Å². The quantitative estimate of drug-likeness (QED) is 0.297. The molecular weight excluding hydrogens is 497 g/mol. The normalized spacial score (nSPS) is 14.8. The first-order chi connectivity index (χ1) is 18.2. The largest absolute Gasteiger partial charge is 0.457 e.